The van der Waals surface area contributed by atoms with E-state index in [1.165, 1.54) is 41.6 Å². The monoisotopic (exact) mass is 377 g/mol. The number of rotatable bonds is 5. The first-order valence-corrected chi connectivity index (χ1v) is 7.33. The Bertz CT molecular complexity index is 698. The molecule has 0 spiro atoms. The van der Waals surface area contributed by atoms with Gasteiger partial charge in [0.25, 0.3) is 5.69 Å². The van der Waals surface area contributed by atoms with Gasteiger partial charge in [0.2, 0.25) is 3.79 Å². The maximum Gasteiger partial charge on any atom is 0.269 e. The molecule has 8 nitrogen and oxygen atoms in total. The average Bonchev–Trinajstić information content (AvgIpc) is 3.01. The van der Waals surface area contributed by atoms with E-state index in [0.29, 0.717) is 5.56 Å². The highest BCUT2D eigenvalue weighted by Crippen LogP contribution is 2.40. The largest absolute Gasteiger partial charge is 0.411 e. The van der Waals surface area contributed by atoms with Crippen molar-refractivity contribution in [2.75, 3.05) is 0 Å². The molecule has 1 N–H and O–H groups in total. The van der Waals surface area contributed by atoms with Gasteiger partial charge in [-0.1, -0.05) is 40.0 Å². The van der Waals surface area contributed by atoms with Gasteiger partial charge in [0.15, 0.2) is 0 Å². The van der Waals surface area contributed by atoms with Crippen LogP contribution in [-0.2, 0) is 0 Å². The first kappa shape index (κ1) is 17.5. The van der Waals surface area contributed by atoms with E-state index in [0.717, 1.165) is 0 Å². The fourth-order valence-corrected chi connectivity index (χ4v) is 2.44. The van der Waals surface area contributed by atoms with Crippen LogP contribution in [0.15, 0.2) is 42.1 Å². The standard InChI is InChI=1S/C12H10Cl3N5O3/c13-12(14,15)11(19-7-16-6-17-19)5-10(18-21)8-1-3-9(4-2-8)20(22)23/h1-4,6-7,11,21H,5H2/b18-10+/t11-/m0/s1. The maximum absolute atomic E-state index is 10.7. The number of nitrogens with zero attached hydrogens (tertiary/aromatic N) is 5. The molecule has 11 heteroatoms. The van der Waals surface area contributed by atoms with Gasteiger partial charge in [-0.15, -0.1) is 0 Å². The van der Waals surface area contributed by atoms with Crippen LogP contribution in [0.3, 0.4) is 0 Å². The average molecular weight is 379 g/mol. The van der Waals surface area contributed by atoms with Crippen LogP contribution in [0, 0.1) is 10.1 Å². The predicted molar refractivity (Wildman–Crippen MR) is 85.4 cm³/mol. The van der Waals surface area contributed by atoms with Crippen LogP contribution < -0.4 is 0 Å². The molecule has 0 bridgehead atoms. The van der Waals surface area contributed by atoms with E-state index < -0.39 is 14.8 Å². The molecule has 0 radical (unpaired) electrons. The van der Waals surface area contributed by atoms with E-state index in [1.807, 2.05) is 0 Å². The molecule has 0 fully saturated rings. The second kappa shape index (κ2) is 7.12. The van der Waals surface area contributed by atoms with Crippen LogP contribution in [0.4, 0.5) is 5.69 Å². The molecule has 0 saturated carbocycles. The Morgan fingerprint density at radius 3 is 2.48 bits per heavy atom. The minimum Gasteiger partial charge on any atom is -0.411 e. The Labute approximate surface area is 145 Å². The zero-order chi connectivity index (χ0) is 17.0. The van der Waals surface area contributed by atoms with Crippen LogP contribution >= 0.6 is 34.8 Å². The molecule has 0 saturated heterocycles. The maximum atomic E-state index is 10.7. The lowest BCUT2D eigenvalue weighted by molar-refractivity contribution is -0.384. The molecule has 0 unspecified atom stereocenters. The van der Waals surface area contributed by atoms with Crippen molar-refractivity contribution in [1.82, 2.24) is 14.8 Å². The molecule has 0 aliphatic carbocycles. The Hall–Kier alpha value is -1.90. The summed E-state index contributed by atoms with van der Waals surface area (Å²) in [6.07, 6.45) is 2.68. The third-order valence-electron chi connectivity index (χ3n) is 3.05. The molecule has 1 heterocycles. The van der Waals surface area contributed by atoms with Crippen molar-refractivity contribution in [3.8, 4) is 0 Å². The second-order valence-electron chi connectivity index (χ2n) is 4.49. The summed E-state index contributed by atoms with van der Waals surface area (Å²) < 4.78 is -0.395. The van der Waals surface area contributed by atoms with Gasteiger partial charge in [0, 0.05) is 18.6 Å². The van der Waals surface area contributed by atoms with Crippen LogP contribution in [0.5, 0.6) is 0 Å². The minimum absolute atomic E-state index is 0.0220. The van der Waals surface area contributed by atoms with Gasteiger partial charge >= 0.3 is 0 Å². The number of nitro groups is 1. The highest BCUT2D eigenvalue weighted by molar-refractivity contribution is 6.68. The summed E-state index contributed by atoms with van der Waals surface area (Å²) in [7, 11) is 0. The molecule has 2 aromatic rings. The minimum atomic E-state index is -1.73. The first-order valence-electron chi connectivity index (χ1n) is 6.19. The Morgan fingerprint density at radius 1 is 1.39 bits per heavy atom. The molecule has 1 aromatic carbocycles. The van der Waals surface area contributed by atoms with Crippen molar-refractivity contribution in [2.45, 2.75) is 16.3 Å². The van der Waals surface area contributed by atoms with E-state index >= 15 is 0 Å². The van der Waals surface area contributed by atoms with Crippen molar-refractivity contribution in [3.63, 3.8) is 0 Å². The van der Waals surface area contributed by atoms with Gasteiger partial charge in [-0.25, -0.2) is 9.67 Å². The highest BCUT2D eigenvalue weighted by Gasteiger charge is 2.36. The summed E-state index contributed by atoms with van der Waals surface area (Å²) in [6.45, 7) is 0. The topological polar surface area (TPSA) is 106 Å². The van der Waals surface area contributed by atoms with Gasteiger partial charge in [0.1, 0.15) is 18.7 Å². The van der Waals surface area contributed by atoms with Crippen LogP contribution in [0.2, 0.25) is 0 Å². The summed E-state index contributed by atoms with van der Waals surface area (Å²) in [5.74, 6) is 0. The van der Waals surface area contributed by atoms with Gasteiger partial charge in [-0.05, 0) is 17.7 Å². The highest BCUT2D eigenvalue weighted by atomic mass is 35.6. The van der Waals surface area contributed by atoms with Gasteiger partial charge < -0.3 is 5.21 Å². The predicted octanol–water partition coefficient (Wildman–Crippen LogP) is 3.37. The number of benzene rings is 1. The van der Waals surface area contributed by atoms with E-state index in [-0.39, 0.29) is 17.8 Å². The number of oxime groups is 1. The lowest BCUT2D eigenvalue weighted by atomic mass is 10.0. The van der Waals surface area contributed by atoms with Crippen molar-refractivity contribution in [1.29, 1.82) is 0 Å². The number of halogens is 3. The number of hydrogen-bond acceptors (Lipinski definition) is 6. The van der Waals surface area contributed by atoms with Crippen molar-refractivity contribution in [3.05, 3.63) is 52.6 Å². The fraction of sp³-hybridized carbons (Fsp3) is 0.250. The third kappa shape index (κ3) is 4.31. The number of aromatic nitrogens is 3. The van der Waals surface area contributed by atoms with Gasteiger partial charge in [-0.2, -0.15) is 5.10 Å². The molecular weight excluding hydrogens is 369 g/mol. The molecule has 1 atom stereocenters. The smallest absolute Gasteiger partial charge is 0.269 e. The third-order valence-corrected chi connectivity index (χ3v) is 3.81. The SMILES string of the molecule is O=[N+]([O-])c1ccc(/C(C[C@H](n2cncn2)C(Cl)(Cl)Cl)=N/O)cc1. The van der Waals surface area contributed by atoms with Crippen molar-refractivity contribution in [2.24, 2.45) is 5.16 Å². The summed E-state index contributed by atoms with van der Waals surface area (Å²) in [4.78, 5) is 13.9. The van der Waals surface area contributed by atoms with Crippen LogP contribution in [0.25, 0.3) is 0 Å². The Balaban J connectivity index is 2.28. The summed E-state index contributed by atoms with van der Waals surface area (Å²) >= 11 is 17.9. The first-order chi connectivity index (χ1) is 10.8. The van der Waals surface area contributed by atoms with E-state index in [1.54, 1.807) is 0 Å². The number of nitro benzene ring substituents is 1. The second-order valence-corrected chi connectivity index (χ2v) is 6.86. The molecule has 1 aromatic heterocycles. The lowest BCUT2D eigenvalue weighted by Gasteiger charge is -2.24. The van der Waals surface area contributed by atoms with Crippen LogP contribution in [-0.4, -0.2) is 34.4 Å². The van der Waals surface area contributed by atoms with E-state index in [2.05, 4.69) is 15.2 Å². The summed E-state index contributed by atoms with van der Waals surface area (Å²) in [5, 5.41) is 27.1. The van der Waals surface area contributed by atoms with Crippen molar-refractivity contribution < 1.29 is 10.1 Å². The molecule has 0 aliphatic heterocycles. The summed E-state index contributed by atoms with van der Waals surface area (Å²) in [5.41, 5.74) is 0.560. The molecule has 2 rings (SSSR count). The van der Waals surface area contributed by atoms with Crippen LogP contribution in [0.1, 0.15) is 18.0 Å². The zero-order valence-corrected chi connectivity index (χ0v) is 13.7. The fourth-order valence-electron chi connectivity index (χ4n) is 1.91. The quantitative estimate of drug-likeness (QED) is 0.282. The van der Waals surface area contributed by atoms with E-state index in [9.17, 15) is 15.3 Å². The lowest BCUT2D eigenvalue weighted by Crippen LogP contribution is -2.27. The molecule has 0 amide bonds. The zero-order valence-electron chi connectivity index (χ0n) is 11.4. The summed E-state index contributed by atoms with van der Waals surface area (Å²) in [6, 6.07) is 4.70. The normalized spacial score (nSPS) is 13.8. The Kier molecular flexibility index (Phi) is 5.40. The molecule has 122 valence electrons. The Morgan fingerprint density at radius 2 is 2.04 bits per heavy atom. The number of non-ortho nitro benzene ring substituents is 1. The van der Waals surface area contributed by atoms with Crippen molar-refractivity contribution >= 4 is 46.2 Å². The molecular formula is C12H10Cl3N5O3. The van der Waals surface area contributed by atoms with Gasteiger partial charge in [0.05, 0.1) is 10.6 Å². The van der Waals surface area contributed by atoms with Gasteiger partial charge in [-0.3, -0.25) is 10.1 Å². The molecule has 23 heavy (non-hydrogen) atoms. The number of alkyl halides is 3. The molecule has 0 aliphatic rings. The number of hydrogen-bond donors (Lipinski definition) is 1. The van der Waals surface area contributed by atoms with E-state index in [4.69, 9.17) is 34.8 Å².